The number of fused-ring (bicyclic) bond motifs is 1. The van der Waals surface area contributed by atoms with Crippen molar-refractivity contribution >= 4 is 11.9 Å². The third kappa shape index (κ3) is 1.79. The summed E-state index contributed by atoms with van der Waals surface area (Å²) in [6.45, 7) is 2.54. The van der Waals surface area contributed by atoms with Crippen molar-refractivity contribution in [3.63, 3.8) is 0 Å². The number of hydrogen-bond acceptors (Lipinski definition) is 3. The third-order valence-electron chi connectivity index (χ3n) is 3.11. The van der Waals surface area contributed by atoms with Crippen LogP contribution in [-0.2, 0) is 17.8 Å². The molecule has 0 saturated heterocycles. The number of hydrogen-bond donors (Lipinski definition) is 2. The minimum absolute atomic E-state index is 0.103. The van der Waals surface area contributed by atoms with E-state index in [1.165, 1.54) is 0 Å². The second kappa shape index (κ2) is 4.20. The van der Waals surface area contributed by atoms with E-state index in [9.17, 15) is 9.59 Å². The Labute approximate surface area is 97.9 Å². The van der Waals surface area contributed by atoms with E-state index in [0.29, 0.717) is 30.9 Å². The highest BCUT2D eigenvalue weighted by atomic mass is 16.4. The Hall–Kier alpha value is -1.85. The van der Waals surface area contributed by atoms with Crippen LogP contribution < -0.4 is 0 Å². The van der Waals surface area contributed by atoms with Crippen LogP contribution in [-0.4, -0.2) is 31.7 Å². The molecule has 0 saturated carbocycles. The highest BCUT2D eigenvalue weighted by molar-refractivity contribution is 5.89. The third-order valence-corrected chi connectivity index (χ3v) is 3.11. The molecule has 0 amide bonds. The zero-order valence-corrected chi connectivity index (χ0v) is 9.51. The van der Waals surface area contributed by atoms with Gasteiger partial charge in [0.25, 0.3) is 0 Å². The largest absolute Gasteiger partial charge is 0.481 e. The van der Waals surface area contributed by atoms with Gasteiger partial charge < -0.3 is 14.8 Å². The van der Waals surface area contributed by atoms with Gasteiger partial charge in [-0.25, -0.2) is 9.78 Å². The lowest BCUT2D eigenvalue weighted by Gasteiger charge is -2.22. The van der Waals surface area contributed by atoms with Crippen molar-refractivity contribution in [3.05, 3.63) is 17.2 Å². The molecule has 1 atom stereocenters. The average molecular weight is 238 g/mol. The number of aromatic nitrogens is 2. The van der Waals surface area contributed by atoms with Gasteiger partial charge in [0, 0.05) is 13.0 Å². The van der Waals surface area contributed by atoms with Gasteiger partial charge in [0.05, 0.1) is 11.6 Å². The van der Waals surface area contributed by atoms with Crippen LogP contribution in [0, 0.1) is 0 Å². The van der Waals surface area contributed by atoms with Crippen molar-refractivity contribution in [1.82, 2.24) is 9.55 Å². The number of carboxylic acid groups (broad SMARTS) is 2. The SMILES string of the molecule is CCc1nc(C(=O)O)c2n1CCCC2C(=O)O. The predicted molar refractivity (Wildman–Crippen MR) is 58.2 cm³/mol. The summed E-state index contributed by atoms with van der Waals surface area (Å²) in [6, 6.07) is 0. The van der Waals surface area contributed by atoms with Crippen LogP contribution in [0.5, 0.6) is 0 Å². The summed E-state index contributed by atoms with van der Waals surface area (Å²) in [5, 5.41) is 18.2. The number of rotatable bonds is 3. The van der Waals surface area contributed by atoms with Gasteiger partial charge in [-0.15, -0.1) is 0 Å². The molecule has 1 aromatic rings. The molecule has 6 nitrogen and oxygen atoms in total. The minimum Gasteiger partial charge on any atom is -0.481 e. The summed E-state index contributed by atoms with van der Waals surface area (Å²) in [5.41, 5.74) is 0.252. The van der Waals surface area contributed by atoms with E-state index >= 15 is 0 Å². The second-order valence-corrected chi connectivity index (χ2v) is 4.11. The Kier molecular flexibility index (Phi) is 2.87. The van der Waals surface area contributed by atoms with E-state index in [-0.39, 0.29) is 5.69 Å². The molecule has 2 N–H and O–H groups in total. The fourth-order valence-corrected chi connectivity index (χ4v) is 2.37. The topological polar surface area (TPSA) is 92.4 Å². The second-order valence-electron chi connectivity index (χ2n) is 4.11. The quantitative estimate of drug-likeness (QED) is 0.822. The maximum Gasteiger partial charge on any atom is 0.356 e. The predicted octanol–water partition coefficient (Wildman–Crippen LogP) is 1.11. The lowest BCUT2D eigenvalue weighted by Crippen LogP contribution is -2.24. The molecule has 1 unspecified atom stereocenters. The van der Waals surface area contributed by atoms with E-state index in [4.69, 9.17) is 10.2 Å². The lowest BCUT2D eigenvalue weighted by atomic mass is 9.94. The van der Waals surface area contributed by atoms with Gasteiger partial charge in [-0.05, 0) is 12.8 Å². The van der Waals surface area contributed by atoms with E-state index in [2.05, 4.69) is 4.98 Å². The highest BCUT2D eigenvalue weighted by Gasteiger charge is 2.34. The maximum absolute atomic E-state index is 11.2. The summed E-state index contributed by atoms with van der Waals surface area (Å²) in [6.07, 6.45) is 1.82. The van der Waals surface area contributed by atoms with Gasteiger partial charge in [-0.3, -0.25) is 4.79 Å². The smallest absolute Gasteiger partial charge is 0.356 e. The number of carbonyl (C=O) groups is 2. The van der Waals surface area contributed by atoms with Gasteiger partial charge in [-0.1, -0.05) is 6.92 Å². The van der Waals surface area contributed by atoms with Crippen molar-refractivity contribution in [1.29, 1.82) is 0 Å². The van der Waals surface area contributed by atoms with Gasteiger partial charge in [0.15, 0.2) is 5.69 Å². The molecule has 0 fully saturated rings. The number of imidazole rings is 1. The summed E-state index contributed by atoms with van der Waals surface area (Å²) in [5.74, 6) is -2.22. The molecule has 1 aliphatic heterocycles. The molecule has 0 bridgehead atoms. The molecule has 1 aliphatic rings. The van der Waals surface area contributed by atoms with Crippen molar-refractivity contribution in [2.75, 3.05) is 0 Å². The van der Waals surface area contributed by atoms with Crippen LogP contribution >= 0.6 is 0 Å². The molecule has 92 valence electrons. The lowest BCUT2D eigenvalue weighted by molar-refractivity contribution is -0.139. The average Bonchev–Trinajstić information content (AvgIpc) is 2.67. The van der Waals surface area contributed by atoms with Crippen LogP contribution in [0.15, 0.2) is 0 Å². The van der Waals surface area contributed by atoms with E-state index in [0.717, 1.165) is 6.42 Å². The zero-order chi connectivity index (χ0) is 12.6. The standard InChI is InChI=1S/C11H14N2O4/c1-2-7-12-8(11(16)17)9-6(10(14)15)4-3-5-13(7)9/h6H,2-5H2,1H3,(H,14,15)(H,16,17). The Balaban J connectivity index is 2.61. The van der Waals surface area contributed by atoms with E-state index in [1.807, 2.05) is 6.92 Å². The van der Waals surface area contributed by atoms with Crippen LogP contribution in [0.4, 0.5) is 0 Å². The van der Waals surface area contributed by atoms with Gasteiger partial charge in [0.2, 0.25) is 0 Å². The Morgan fingerprint density at radius 3 is 2.71 bits per heavy atom. The first-order chi connectivity index (χ1) is 8.06. The monoisotopic (exact) mass is 238 g/mol. The summed E-state index contributed by atoms with van der Waals surface area (Å²) in [4.78, 5) is 26.3. The summed E-state index contributed by atoms with van der Waals surface area (Å²) >= 11 is 0. The Morgan fingerprint density at radius 2 is 2.18 bits per heavy atom. The molecule has 2 heterocycles. The molecule has 17 heavy (non-hydrogen) atoms. The Morgan fingerprint density at radius 1 is 1.47 bits per heavy atom. The van der Waals surface area contributed by atoms with Crippen LogP contribution in [0.25, 0.3) is 0 Å². The van der Waals surface area contributed by atoms with Crippen molar-refractivity contribution in [3.8, 4) is 0 Å². The molecular formula is C11H14N2O4. The summed E-state index contributed by atoms with van der Waals surface area (Å²) < 4.78 is 1.76. The molecule has 6 heteroatoms. The molecule has 0 aromatic carbocycles. The van der Waals surface area contributed by atoms with Gasteiger partial charge in [-0.2, -0.15) is 0 Å². The molecule has 0 aliphatic carbocycles. The van der Waals surface area contributed by atoms with Crippen LogP contribution in [0.1, 0.15) is 47.7 Å². The van der Waals surface area contributed by atoms with Gasteiger partial charge in [0.1, 0.15) is 5.82 Å². The van der Waals surface area contributed by atoms with Crippen molar-refractivity contribution in [2.45, 2.75) is 38.6 Å². The summed E-state index contributed by atoms with van der Waals surface area (Å²) in [7, 11) is 0. The fourth-order valence-electron chi connectivity index (χ4n) is 2.37. The number of aryl methyl sites for hydroxylation is 1. The maximum atomic E-state index is 11.2. The highest BCUT2D eigenvalue weighted by Crippen LogP contribution is 2.31. The minimum atomic E-state index is -1.15. The fraction of sp³-hybridized carbons (Fsp3) is 0.545. The van der Waals surface area contributed by atoms with Gasteiger partial charge >= 0.3 is 11.9 Å². The molecule has 0 radical (unpaired) electrons. The number of aromatic carboxylic acids is 1. The first-order valence-electron chi connectivity index (χ1n) is 5.61. The number of aliphatic carboxylic acids is 1. The molecular weight excluding hydrogens is 224 g/mol. The zero-order valence-electron chi connectivity index (χ0n) is 9.51. The molecule has 1 aromatic heterocycles. The van der Waals surface area contributed by atoms with E-state index in [1.54, 1.807) is 4.57 Å². The van der Waals surface area contributed by atoms with Crippen molar-refractivity contribution in [2.24, 2.45) is 0 Å². The Bertz CT molecular complexity index is 478. The molecule has 0 spiro atoms. The van der Waals surface area contributed by atoms with Crippen LogP contribution in [0.3, 0.4) is 0 Å². The first-order valence-corrected chi connectivity index (χ1v) is 5.61. The van der Waals surface area contributed by atoms with Crippen molar-refractivity contribution < 1.29 is 19.8 Å². The first kappa shape index (κ1) is 11.6. The molecule has 2 rings (SSSR count). The van der Waals surface area contributed by atoms with Crippen LogP contribution in [0.2, 0.25) is 0 Å². The number of nitrogens with zero attached hydrogens (tertiary/aromatic N) is 2. The number of carboxylic acids is 2. The normalized spacial score (nSPS) is 18.8. The van der Waals surface area contributed by atoms with E-state index < -0.39 is 17.9 Å².